The lowest BCUT2D eigenvalue weighted by Crippen LogP contribution is -2.28. The van der Waals surface area contributed by atoms with E-state index in [1.165, 1.54) is 18.4 Å². The molecule has 1 fully saturated rings. The monoisotopic (exact) mass is 247 g/mol. The van der Waals surface area contributed by atoms with Gasteiger partial charge in [0.2, 0.25) is 0 Å². The molecule has 1 aromatic rings. The molecule has 0 saturated carbocycles. The molecule has 0 amide bonds. The zero-order valence-corrected chi connectivity index (χ0v) is 10.9. The van der Waals surface area contributed by atoms with Crippen molar-refractivity contribution in [2.75, 3.05) is 13.1 Å². The summed E-state index contributed by atoms with van der Waals surface area (Å²) in [7, 11) is 0. The van der Waals surface area contributed by atoms with Crippen molar-refractivity contribution in [3.8, 4) is 0 Å². The molecule has 2 rings (SSSR count). The van der Waals surface area contributed by atoms with E-state index in [1.807, 2.05) is 19.1 Å². The van der Waals surface area contributed by atoms with E-state index in [4.69, 9.17) is 5.11 Å². The Balaban J connectivity index is 2.11. The average Bonchev–Trinajstić information content (AvgIpc) is 2.41. The molecule has 2 atom stereocenters. The van der Waals surface area contributed by atoms with Gasteiger partial charge >= 0.3 is 5.97 Å². The Hall–Kier alpha value is -1.35. The summed E-state index contributed by atoms with van der Waals surface area (Å²) in [5.74, 6) is -0.522. The van der Waals surface area contributed by atoms with Crippen molar-refractivity contribution in [2.45, 2.75) is 38.0 Å². The van der Waals surface area contributed by atoms with Gasteiger partial charge in [0, 0.05) is 6.54 Å². The van der Waals surface area contributed by atoms with E-state index in [0.717, 1.165) is 18.7 Å². The topological polar surface area (TPSA) is 49.3 Å². The van der Waals surface area contributed by atoms with Gasteiger partial charge < -0.3 is 10.4 Å². The Kier molecular flexibility index (Phi) is 4.37. The number of piperidine rings is 1. The number of nitrogens with one attached hydrogen (secondary N) is 1. The summed E-state index contributed by atoms with van der Waals surface area (Å²) in [6.45, 7) is 4.07. The predicted molar refractivity (Wildman–Crippen MR) is 72.0 cm³/mol. The largest absolute Gasteiger partial charge is 0.481 e. The summed E-state index contributed by atoms with van der Waals surface area (Å²) in [4.78, 5) is 11.1. The SMILES string of the molecule is CCC(C(=O)O)c1ccc(C2CCCNC2)cc1. The molecule has 18 heavy (non-hydrogen) atoms. The van der Waals surface area contributed by atoms with Crippen LogP contribution in [0, 0.1) is 0 Å². The van der Waals surface area contributed by atoms with Gasteiger partial charge in [0.25, 0.3) is 0 Å². The maximum absolute atomic E-state index is 11.1. The zero-order chi connectivity index (χ0) is 13.0. The number of carboxylic acid groups (broad SMARTS) is 1. The number of hydrogen-bond donors (Lipinski definition) is 2. The molecule has 0 aliphatic carbocycles. The third-order valence-electron chi connectivity index (χ3n) is 3.81. The highest BCUT2D eigenvalue weighted by atomic mass is 16.4. The van der Waals surface area contributed by atoms with Gasteiger partial charge in [0.15, 0.2) is 0 Å². The van der Waals surface area contributed by atoms with Crippen molar-refractivity contribution in [3.63, 3.8) is 0 Å². The molecule has 1 saturated heterocycles. The highest BCUT2D eigenvalue weighted by molar-refractivity contribution is 5.75. The fraction of sp³-hybridized carbons (Fsp3) is 0.533. The van der Waals surface area contributed by atoms with Crippen LogP contribution in [0.1, 0.15) is 49.1 Å². The molecular weight excluding hydrogens is 226 g/mol. The van der Waals surface area contributed by atoms with Crippen LogP contribution in [0.5, 0.6) is 0 Å². The molecule has 0 bridgehead atoms. The number of carboxylic acids is 1. The fourth-order valence-electron chi connectivity index (χ4n) is 2.69. The number of carbonyl (C=O) groups is 1. The minimum atomic E-state index is -0.732. The van der Waals surface area contributed by atoms with Gasteiger partial charge in [-0.3, -0.25) is 4.79 Å². The van der Waals surface area contributed by atoms with E-state index in [2.05, 4.69) is 17.4 Å². The quantitative estimate of drug-likeness (QED) is 0.860. The second-order valence-electron chi connectivity index (χ2n) is 5.01. The molecule has 1 aromatic carbocycles. The zero-order valence-electron chi connectivity index (χ0n) is 10.9. The molecule has 0 radical (unpaired) electrons. The fourth-order valence-corrected chi connectivity index (χ4v) is 2.69. The standard InChI is InChI=1S/C15H21NO2/c1-2-14(15(17)18)12-7-5-11(6-8-12)13-4-3-9-16-10-13/h5-8,13-14,16H,2-4,9-10H2,1H3,(H,17,18). The van der Waals surface area contributed by atoms with Crippen molar-refractivity contribution in [2.24, 2.45) is 0 Å². The summed E-state index contributed by atoms with van der Waals surface area (Å²) in [6, 6.07) is 8.15. The molecule has 3 heteroatoms. The molecule has 3 nitrogen and oxygen atoms in total. The number of aliphatic carboxylic acids is 1. The minimum absolute atomic E-state index is 0.372. The molecule has 1 aliphatic rings. The van der Waals surface area contributed by atoms with Gasteiger partial charge in [-0.15, -0.1) is 0 Å². The van der Waals surface area contributed by atoms with Crippen molar-refractivity contribution in [1.82, 2.24) is 5.32 Å². The first-order valence-electron chi connectivity index (χ1n) is 6.75. The number of benzene rings is 1. The van der Waals surface area contributed by atoms with E-state index in [0.29, 0.717) is 12.3 Å². The smallest absolute Gasteiger partial charge is 0.310 e. The summed E-state index contributed by atoms with van der Waals surface area (Å²) < 4.78 is 0. The van der Waals surface area contributed by atoms with Crippen LogP contribution in [0.4, 0.5) is 0 Å². The van der Waals surface area contributed by atoms with E-state index < -0.39 is 5.97 Å². The second-order valence-corrected chi connectivity index (χ2v) is 5.01. The molecule has 1 heterocycles. The third-order valence-corrected chi connectivity index (χ3v) is 3.81. The van der Waals surface area contributed by atoms with Crippen LogP contribution in [0.15, 0.2) is 24.3 Å². The predicted octanol–water partition coefficient (Wildman–Crippen LogP) is 2.73. The van der Waals surface area contributed by atoms with Gasteiger partial charge in [0.1, 0.15) is 0 Å². The summed E-state index contributed by atoms with van der Waals surface area (Å²) in [6.07, 6.45) is 3.08. The number of hydrogen-bond acceptors (Lipinski definition) is 2. The molecular formula is C15H21NO2. The Morgan fingerprint density at radius 1 is 1.44 bits per heavy atom. The highest BCUT2D eigenvalue weighted by Gasteiger charge is 2.19. The van der Waals surface area contributed by atoms with E-state index in [-0.39, 0.29) is 5.92 Å². The van der Waals surface area contributed by atoms with Gasteiger partial charge in [-0.25, -0.2) is 0 Å². The maximum atomic E-state index is 11.1. The van der Waals surface area contributed by atoms with Crippen molar-refractivity contribution in [3.05, 3.63) is 35.4 Å². The van der Waals surface area contributed by atoms with Crippen molar-refractivity contribution in [1.29, 1.82) is 0 Å². The van der Waals surface area contributed by atoms with Crippen LogP contribution >= 0.6 is 0 Å². The lowest BCUT2D eigenvalue weighted by atomic mass is 9.89. The van der Waals surface area contributed by atoms with E-state index >= 15 is 0 Å². The molecule has 0 aromatic heterocycles. The van der Waals surface area contributed by atoms with Gasteiger partial charge in [0.05, 0.1) is 5.92 Å². The van der Waals surface area contributed by atoms with Crippen LogP contribution in [-0.4, -0.2) is 24.2 Å². The van der Waals surface area contributed by atoms with Crippen LogP contribution in [-0.2, 0) is 4.79 Å². The van der Waals surface area contributed by atoms with Crippen LogP contribution in [0.25, 0.3) is 0 Å². The second kappa shape index (κ2) is 6.01. The summed E-state index contributed by atoms with van der Waals surface area (Å²) in [5, 5.41) is 12.5. The molecule has 2 unspecified atom stereocenters. The average molecular weight is 247 g/mol. The van der Waals surface area contributed by atoms with Crippen molar-refractivity contribution < 1.29 is 9.90 Å². The number of rotatable bonds is 4. The molecule has 2 N–H and O–H groups in total. The Bertz CT molecular complexity index is 393. The van der Waals surface area contributed by atoms with Gasteiger partial charge in [-0.1, -0.05) is 31.2 Å². The van der Waals surface area contributed by atoms with E-state index in [9.17, 15) is 4.79 Å². The van der Waals surface area contributed by atoms with E-state index in [1.54, 1.807) is 0 Å². The van der Waals surface area contributed by atoms with Crippen molar-refractivity contribution >= 4 is 5.97 Å². The normalized spacial score (nSPS) is 21.5. The van der Waals surface area contributed by atoms with Crippen LogP contribution in [0.3, 0.4) is 0 Å². The Labute approximate surface area is 108 Å². The lowest BCUT2D eigenvalue weighted by Gasteiger charge is -2.23. The Morgan fingerprint density at radius 2 is 2.17 bits per heavy atom. The summed E-state index contributed by atoms with van der Waals surface area (Å²) >= 11 is 0. The first-order chi connectivity index (χ1) is 8.72. The summed E-state index contributed by atoms with van der Waals surface area (Å²) in [5.41, 5.74) is 2.24. The minimum Gasteiger partial charge on any atom is -0.481 e. The molecule has 1 aliphatic heterocycles. The van der Waals surface area contributed by atoms with Crippen LogP contribution < -0.4 is 5.32 Å². The maximum Gasteiger partial charge on any atom is 0.310 e. The van der Waals surface area contributed by atoms with Gasteiger partial charge in [-0.05, 0) is 42.9 Å². The Morgan fingerprint density at radius 3 is 2.67 bits per heavy atom. The third kappa shape index (κ3) is 2.91. The van der Waals surface area contributed by atoms with Crippen LogP contribution in [0.2, 0.25) is 0 Å². The molecule has 98 valence electrons. The highest BCUT2D eigenvalue weighted by Crippen LogP contribution is 2.26. The first-order valence-corrected chi connectivity index (χ1v) is 6.75. The lowest BCUT2D eigenvalue weighted by molar-refractivity contribution is -0.138. The first kappa shape index (κ1) is 13.1. The van der Waals surface area contributed by atoms with Gasteiger partial charge in [-0.2, -0.15) is 0 Å². The molecule has 0 spiro atoms.